The summed E-state index contributed by atoms with van der Waals surface area (Å²) in [4.78, 5) is 9.37. The van der Waals surface area contributed by atoms with Gasteiger partial charge in [0.15, 0.2) is 0 Å². The Labute approximate surface area is 239 Å². The van der Waals surface area contributed by atoms with Gasteiger partial charge in [-0.15, -0.1) is 0 Å². The fourth-order valence-electron chi connectivity index (χ4n) is 3.93. The Morgan fingerprint density at radius 2 is 0.974 bits per heavy atom. The summed E-state index contributed by atoms with van der Waals surface area (Å²) in [5.74, 6) is -1.21. The fraction of sp³-hybridized carbons (Fsp3) is 0.133. The van der Waals surface area contributed by atoms with Crippen molar-refractivity contribution >= 4 is 12.4 Å². The average Bonchev–Trinajstić information content (AvgIpc) is 2.93. The van der Waals surface area contributed by atoms with Crippen LogP contribution >= 0.6 is 0 Å². The number of hydrogen-bond acceptors (Lipinski definition) is 6. The van der Waals surface area contributed by atoms with Crippen molar-refractivity contribution in [2.75, 3.05) is 14.2 Å². The van der Waals surface area contributed by atoms with Crippen LogP contribution in [0.5, 0.6) is 23.0 Å². The Morgan fingerprint density at radius 1 is 0.615 bits per heavy atom. The maximum absolute atomic E-state index is 13.8. The van der Waals surface area contributed by atoms with Crippen LogP contribution in [0, 0.1) is 11.6 Å². The summed E-state index contributed by atoms with van der Waals surface area (Å²) in [6.07, 6.45) is 2.82. The van der Waals surface area contributed by atoms with E-state index in [1.807, 2.05) is 0 Å². The third kappa shape index (κ3) is 7.09. The normalized spacial score (nSPS) is 12.7. The molecule has 39 heavy (non-hydrogen) atoms. The Hall–Kier alpha value is -4.03. The molecule has 0 heterocycles. The molecule has 0 N–H and O–H groups in total. The predicted molar refractivity (Wildman–Crippen MR) is 138 cm³/mol. The van der Waals surface area contributed by atoms with E-state index in [4.69, 9.17) is 9.47 Å². The molecular formula is C30H24F2N2O4Pt. The molecule has 4 rings (SSSR count). The van der Waals surface area contributed by atoms with Gasteiger partial charge in [0.05, 0.1) is 14.2 Å². The first-order valence-electron chi connectivity index (χ1n) is 11.7. The molecule has 0 bridgehead atoms. The average molecular weight is 710 g/mol. The van der Waals surface area contributed by atoms with Crippen LogP contribution in [0.3, 0.4) is 0 Å². The molecule has 6 nitrogen and oxygen atoms in total. The van der Waals surface area contributed by atoms with Gasteiger partial charge < -0.3 is 19.7 Å². The monoisotopic (exact) mass is 709 g/mol. The molecule has 202 valence electrons. The minimum atomic E-state index is -0.761. The van der Waals surface area contributed by atoms with Gasteiger partial charge in [0.2, 0.25) is 0 Å². The number of nitrogens with zero attached hydrogens (tertiary/aromatic N) is 2. The van der Waals surface area contributed by atoms with Crippen molar-refractivity contribution in [3.05, 3.63) is 119 Å². The molecule has 0 amide bonds. The van der Waals surface area contributed by atoms with E-state index in [1.165, 1.54) is 50.9 Å². The molecule has 0 spiro atoms. The van der Waals surface area contributed by atoms with Gasteiger partial charge in [0.1, 0.15) is 35.2 Å². The number of aliphatic imine (C=N–C) groups is 2. The van der Waals surface area contributed by atoms with Crippen LogP contribution in [0.2, 0.25) is 0 Å². The zero-order chi connectivity index (χ0) is 27.1. The van der Waals surface area contributed by atoms with Crippen molar-refractivity contribution in [3.63, 3.8) is 0 Å². The van der Waals surface area contributed by atoms with Crippen molar-refractivity contribution < 1.29 is 49.5 Å². The van der Waals surface area contributed by atoms with Gasteiger partial charge in [-0.2, -0.15) is 0 Å². The minimum Gasteiger partial charge on any atom is -0.870 e. The molecule has 0 aliphatic rings. The van der Waals surface area contributed by atoms with Crippen molar-refractivity contribution in [3.8, 4) is 23.0 Å². The minimum absolute atomic E-state index is 0. The molecule has 4 aromatic carbocycles. The van der Waals surface area contributed by atoms with Crippen molar-refractivity contribution in [1.29, 1.82) is 0 Å². The molecule has 2 atom stereocenters. The Bertz CT molecular complexity index is 1330. The van der Waals surface area contributed by atoms with E-state index in [0.717, 1.165) is 0 Å². The summed E-state index contributed by atoms with van der Waals surface area (Å²) >= 11 is 0. The molecule has 0 radical (unpaired) electrons. The number of rotatable bonds is 9. The van der Waals surface area contributed by atoms with Gasteiger partial charge in [0, 0.05) is 12.4 Å². The topological polar surface area (TPSA) is 89.3 Å². The van der Waals surface area contributed by atoms with Gasteiger partial charge in [-0.3, -0.25) is 9.98 Å². The van der Waals surface area contributed by atoms with E-state index in [9.17, 15) is 19.0 Å². The van der Waals surface area contributed by atoms with Crippen LogP contribution in [0.1, 0.15) is 34.3 Å². The molecule has 0 saturated heterocycles. The summed E-state index contributed by atoms with van der Waals surface area (Å²) in [6, 6.07) is 19.6. The number of hydrogen-bond donors (Lipinski definition) is 0. The van der Waals surface area contributed by atoms with Crippen LogP contribution in [-0.2, 0) is 21.1 Å². The molecule has 2 unspecified atom stereocenters. The molecule has 0 fully saturated rings. The summed E-state index contributed by atoms with van der Waals surface area (Å²) in [6.45, 7) is 0. The maximum Gasteiger partial charge on any atom is 2.00 e. The first kappa shape index (κ1) is 29.5. The molecule has 0 aromatic heterocycles. The van der Waals surface area contributed by atoms with Crippen molar-refractivity contribution in [2.24, 2.45) is 9.98 Å². The van der Waals surface area contributed by atoms with Gasteiger partial charge >= 0.3 is 21.1 Å². The third-order valence-electron chi connectivity index (χ3n) is 5.93. The van der Waals surface area contributed by atoms with Crippen LogP contribution in [0.15, 0.2) is 94.9 Å². The number of ether oxygens (including phenoxy) is 2. The molecule has 4 aromatic rings. The predicted octanol–water partition coefficient (Wildman–Crippen LogP) is 5.15. The Kier molecular flexibility index (Phi) is 10.3. The zero-order valence-electron chi connectivity index (χ0n) is 21.0. The van der Waals surface area contributed by atoms with Gasteiger partial charge in [-0.25, -0.2) is 8.78 Å². The van der Waals surface area contributed by atoms with Gasteiger partial charge in [0.25, 0.3) is 0 Å². The molecule has 9 heteroatoms. The summed E-state index contributed by atoms with van der Waals surface area (Å²) in [5, 5.41) is 25.4. The first-order chi connectivity index (χ1) is 18.4. The van der Waals surface area contributed by atoms with Crippen LogP contribution in [-0.4, -0.2) is 26.6 Å². The second-order valence-corrected chi connectivity index (χ2v) is 8.31. The summed E-state index contributed by atoms with van der Waals surface area (Å²) in [7, 11) is 2.81. The number of halogens is 2. The first-order valence-corrected chi connectivity index (χ1v) is 11.7. The van der Waals surface area contributed by atoms with Gasteiger partial charge in [-0.1, -0.05) is 60.0 Å². The third-order valence-corrected chi connectivity index (χ3v) is 5.93. The van der Waals surface area contributed by atoms with E-state index in [2.05, 4.69) is 9.98 Å². The van der Waals surface area contributed by atoms with Crippen LogP contribution in [0.25, 0.3) is 0 Å². The Morgan fingerprint density at radius 3 is 1.31 bits per heavy atom. The summed E-state index contributed by atoms with van der Waals surface area (Å²) in [5.41, 5.74) is 1.76. The fourth-order valence-corrected chi connectivity index (χ4v) is 3.93. The second kappa shape index (κ2) is 13.7. The molecule has 0 aliphatic heterocycles. The maximum atomic E-state index is 13.8. The standard InChI is InChI=1S/C30H26F2N2O4.Pt/c1-37-25-7-3-5-21(29(25)35)17-33-27(19-9-13-23(31)14-10-19)28(20-11-15-24(32)16-12-20)34-18-22-6-4-8-26(38-2)30(22)36;/h3-18,27-28,35-36H,1-2H3;/q;+2/p-2. The Balaban J connectivity index is 0.00000420. The van der Waals surface area contributed by atoms with E-state index in [1.54, 1.807) is 60.7 Å². The number of para-hydroxylation sites is 2. The molecule has 0 aliphatic carbocycles. The van der Waals surface area contributed by atoms with Crippen LogP contribution in [0.4, 0.5) is 8.78 Å². The SMILES string of the molecule is COc1cccc(C=NC(c2ccc(F)cc2)C(N=Cc2cccc(OC)c2[O-])c2ccc(F)cc2)c1[O-].[Pt+2]. The summed E-state index contributed by atoms with van der Waals surface area (Å²) < 4.78 is 37.8. The zero-order valence-corrected chi connectivity index (χ0v) is 23.3. The van der Waals surface area contributed by atoms with E-state index in [0.29, 0.717) is 11.1 Å². The second-order valence-electron chi connectivity index (χ2n) is 8.31. The van der Waals surface area contributed by atoms with E-state index < -0.39 is 23.7 Å². The molecular weight excluding hydrogens is 685 g/mol. The van der Waals surface area contributed by atoms with Gasteiger partial charge in [-0.05, 0) is 58.7 Å². The van der Waals surface area contributed by atoms with Crippen molar-refractivity contribution in [2.45, 2.75) is 12.1 Å². The van der Waals surface area contributed by atoms with Crippen LogP contribution < -0.4 is 19.7 Å². The number of methoxy groups -OCH3 is 2. The smallest absolute Gasteiger partial charge is 0.870 e. The van der Waals surface area contributed by atoms with Crippen molar-refractivity contribution in [1.82, 2.24) is 0 Å². The molecule has 0 saturated carbocycles. The quantitative estimate of drug-likeness (QED) is 0.225. The van der Waals surface area contributed by atoms with E-state index in [-0.39, 0.29) is 55.2 Å². The van der Waals surface area contributed by atoms with E-state index >= 15 is 0 Å². The number of benzene rings is 4. The largest absolute Gasteiger partial charge is 2.00 e.